The highest BCUT2D eigenvalue weighted by atomic mass is 16.6. The summed E-state index contributed by atoms with van der Waals surface area (Å²) in [5.41, 5.74) is 8.10. The fourth-order valence-corrected chi connectivity index (χ4v) is 6.25. The lowest BCUT2D eigenvalue weighted by Crippen LogP contribution is -2.47. The van der Waals surface area contributed by atoms with Gasteiger partial charge in [0.1, 0.15) is 11.9 Å². The van der Waals surface area contributed by atoms with E-state index in [2.05, 4.69) is 19.9 Å². The van der Waals surface area contributed by atoms with E-state index in [1.807, 2.05) is 12.1 Å². The molecule has 4 nitrogen and oxygen atoms in total. The van der Waals surface area contributed by atoms with Crippen molar-refractivity contribution in [2.45, 2.75) is 58.0 Å². The average molecular weight is 329 g/mol. The number of rotatable bonds is 1. The van der Waals surface area contributed by atoms with Crippen molar-refractivity contribution in [1.29, 1.82) is 0 Å². The second-order valence-corrected chi connectivity index (χ2v) is 8.40. The van der Waals surface area contributed by atoms with Crippen LogP contribution in [0.2, 0.25) is 0 Å². The zero-order chi connectivity index (χ0) is 17.1. The molecule has 0 saturated heterocycles. The van der Waals surface area contributed by atoms with Crippen molar-refractivity contribution >= 4 is 6.09 Å². The normalized spacial score (nSPS) is 40.3. The Morgan fingerprint density at radius 3 is 2.88 bits per heavy atom. The summed E-state index contributed by atoms with van der Waals surface area (Å²) in [5, 5.41) is 9.82. The van der Waals surface area contributed by atoms with Gasteiger partial charge in [0.05, 0.1) is 0 Å². The number of phenolic OH excluding ortho intramolecular Hbond substituents is 1. The molecule has 0 radical (unpaired) electrons. The average Bonchev–Trinajstić information content (AvgIpc) is 2.83. The lowest BCUT2D eigenvalue weighted by atomic mass is 9.53. The molecule has 3 N–H and O–H groups in total. The Morgan fingerprint density at radius 1 is 1.33 bits per heavy atom. The van der Waals surface area contributed by atoms with E-state index in [1.54, 1.807) is 0 Å². The highest BCUT2D eigenvalue weighted by molar-refractivity contribution is 5.65. The van der Waals surface area contributed by atoms with E-state index < -0.39 is 6.09 Å². The molecule has 1 aromatic carbocycles. The summed E-state index contributed by atoms with van der Waals surface area (Å²) in [6.45, 7) is 4.65. The van der Waals surface area contributed by atoms with Gasteiger partial charge in [0, 0.05) is 5.41 Å². The lowest BCUT2D eigenvalue weighted by molar-refractivity contribution is -0.0404. The number of phenols is 1. The van der Waals surface area contributed by atoms with Gasteiger partial charge in [0.25, 0.3) is 0 Å². The highest BCUT2D eigenvalue weighted by Gasteiger charge is 2.57. The number of hydrogen-bond acceptors (Lipinski definition) is 3. The molecule has 2 saturated carbocycles. The molecule has 24 heavy (non-hydrogen) atoms. The minimum absolute atomic E-state index is 0.0330. The number of nitrogens with two attached hydrogens (primary N) is 1. The predicted octanol–water partition coefficient (Wildman–Crippen LogP) is 3.96. The van der Waals surface area contributed by atoms with E-state index in [-0.39, 0.29) is 11.5 Å². The maximum absolute atomic E-state index is 11.3. The topological polar surface area (TPSA) is 72.6 Å². The van der Waals surface area contributed by atoms with Crippen LogP contribution in [0.1, 0.15) is 56.6 Å². The van der Waals surface area contributed by atoms with E-state index in [0.29, 0.717) is 29.4 Å². The minimum atomic E-state index is -0.637. The molecule has 3 aliphatic carbocycles. The first-order valence-corrected chi connectivity index (χ1v) is 9.18. The van der Waals surface area contributed by atoms with Crippen LogP contribution in [0.5, 0.6) is 5.75 Å². The van der Waals surface area contributed by atoms with Crippen molar-refractivity contribution in [3.8, 4) is 5.75 Å². The second kappa shape index (κ2) is 5.40. The van der Waals surface area contributed by atoms with Gasteiger partial charge >= 0.3 is 6.09 Å². The number of aromatic hydroxyl groups is 1. The van der Waals surface area contributed by atoms with Crippen LogP contribution in [0.15, 0.2) is 18.2 Å². The van der Waals surface area contributed by atoms with Crippen molar-refractivity contribution in [3.05, 3.63) is 29.3 Å². The maximum atomic E-state index is 11.3. The van der Waals surface area contributed by atoms with Crippen molar-refractivity contribution in [2.24, 2.45) is 28.9 Å². The van der Waals surface area contributed by atoms with Gasteiger partial charge in [-0.05, 0) is 79.0 Å². The first kappa shape index (κ1) is 15.8. The molecule has 1 amide bonds. The molecule has 0 spiro atoms. The summed E-state index contributed by atoms with van der Waals surface area (Å²) in [6, 6.07) is 5.90. The first-order valence-electron chi connectivity index (χ1n) is 9.18. The molecule has 3 aliphatic rings. The Kier molecular flexibility index (Phi) is 3.55. The van der Waals surface area contributed by atoms with Crippen LogP contribution in [-0.4, -0.2) is 17.3 Å². The molecule has 130 valence electrons. The summed E-state index contributed by atoms with van der Waals surface area (Å²) in [7, 11) is 0. The van der Waals surface area contributed by atoms with E-state index in [4.69, 9.17) is 10.5 Å². The summed E-state index contributed by atoms with van der Waals surface area (Å²) in [6.07, 6.45) is 4.60. The lowest BCUT2D eigenvalue weighted by Gasteiger charge is -2.52. The van der Waals surface area contributed by atoms with Gasteiger partial charge in [-0.3, -0.25) is 0 Å². The fraction of sp³-hybridized carbons (Fsp3) is 0.650. The number of hydrogen-bond donors (Lipinski definition) is 2. The molecule has 0 bridgehead atoms. The van der Waals surface area contributed by atoms with Crippen LogP contribution >= 0.6 is 0 Å². The summed E-state index contributed by atoms with van der Waals surface area (Å²) in [4.78, 5) is 11.3. The molecule has 4 rings (SSSR count). The second-order valence-electron chi connectivity index (χ2n) is 8.40. The number of carbonyl (C=O) groups is 1. The number of fused-ring (bicyclic) bond motifs is 5. The monoisotopic (exact) mass is 329 g/mol. The van der Waals surface area contributed by atoms with Crippen LogP contribution in [0.4, 0.5) is 4.79 Å². The van der Waals surface area contributed by atoms with Gasteiger partial charge in [0.2, 0.25) is 0 Å². The molecule has 1 aromatic rings. The van der Waals surface area contributed by atoms with Crippen LogP contribution in [0.25, 0.3) is 0 Å². The van der Waals surface area contributed by atoms with Gasteiger partial charge in [-0.25, -0.2) is 4.79 Å². The smallest absolute Gasteiger partial charge is 0.404 e. The van der Waals surface area contributed by atoms with Gasteiger partial charge in [0.15, 0.2) is 0 Å². The van der Waals surface area contributed by atoms with E-state index in [0.717, 1.165) is 32.1 Å². The largest absolute Gasteiger partial charge is 0.508 e. The summed E-state index contributed by atoms with van der Waals surface area (Å²) >= 11 is 0. The molecule has 0 aromatic heterocycles. The van der Waals surface area contributed by atoms with E-state index in [1.165, 1.54) is 11.1 Å². The molecular weight excluding hydrogens is 302 g/mol. The zero-order valence-corrected chi connectivity index (χ0v) is 14.5. The van der Waals surface area contributed by atoms with Crippen LogP contribution in [0.3, 0.4) is 0 Å². The standard InChI is InChI=1S/C20H27NO3/c1-11-9-12-10-13(22)3-4-14(12)15-7-8-20(2)16(18(11)15)5-6-17(20)24-19(21)23/h3-4,10-11,15-18,22H,5-9H2,1-2H3,(H2,21,23)/t11-,15?,16?,17+,18?,20+/m1/s1. The number of benzene rings is 1. The quantitative estimate of drug-likeness (QED) is 0.819. The highest BCUT2D eigenvalue weighted by Crippen LogP contribution is 2.62. The van der Waals surface area contributed by atoms with Gasteiger partial charge < -0.3 is 15.6 Å². The van der Waals surface area contributed by atoms with Gasteiger partial charge in [-0.1, -0.05) is 19.9 Å². The van der Waals surface area contributed by atoms with Crippen molar-refractivity contribution in [2.75, 3.05) is 0 Å². The zero-order valence-electron chi connectivity index (χ0n) is 14.5. The first-order chi connectivity index (χ1) is 11.4. The van der Waals surface area contributed by atoms with Crippen molar-refractivity contribution in [1.82, 2.24) is 0 Å². The Balaban J connectivity index is 1.68. The molecule has 3 unspecified atom stereocenters. The van der Waals surface area contributed by atoms with Crippen LogP contribution in [0, 0.1) is 23.2 Å². The number of carbonyl (C=O) groups excluding carboxylic acids is 1. The Labute approximate surface area is 143 Å². The van der Waals surface area contributed by atoms with E-state index in [9.17, 15) is 9.90 Å². The molecule has 6 atom stereocenters. The van der Waals surface area contributed by atoms with Gasteiger partial charge in [-0.2, -0.15) is 0 Å². The molecule has 0 heterocycles. The minimum Gasteiger partial charge on any atom is -0.508 e. The Hall–Kier alpha value is -1.71. The Bertz CT molecular complexity index is 673. The third-order valence-corrected chi connectivity index (χ3v) is 7.23. The van der Waals surface area contributed by atoms with Crippen LogP contribution in [-0.2, 0) is 11.2 Å². The summed E-state index contributed by atoms with van der Waals surface area (Å²) in [5.74, 6) is 2.73. The predicted molar refractivity (Wildman–Crippen MR) is 91.7 cm³/mol. The molecule has 2 fully saturated rings. The third-order valence-electron chi connectivity index (χ3n) is 7.23. The summed E-state index contributed by atoms with van der Waals surface area (Å²) < 4.78 is 5.49. The fourth-order valence-electron chi connectivity index (χ4n) is 6.25. The van der Waals surface area contributed by atoms with Gasteiger partial charge in [-0.15, -0.1) is 0 Å². The van der Waals surface area contributed by atoms with Crippen molar-refractivity contribution in [3.63, 3.8) is 0 Å². The number of amides is 1. The third kappa shape index (κ3) is 2.22. The molecule has 0 aliphatic heterocycles. The van der Waals surface area contributed by atoms with Crippen molar-refractivity contribution < 1.29 is 14.6 Å². The Morgan fingerprint density at radius 2 is 2.12 bits per heavy atom. The van der Waals surface area contributed by atoms with E-state index >= 15 is 0 Å². The SMILES string of the molecule is C[C@@H]1Cc2cc(O)ccc2C2CC[C@@]3(C)C(CC[C@@H]3OC(N)=O)C21. The molecular formula is C20H27NO3. The number of ether oxygens (including phenoxy) is 1. The maximum Gasteiger partial charge on any atom is 0.404 e. The number of primary amides is 1. The van der Waals surface area contributed by atoms with Crippen LogP contribution < -0.4 is 5.73 Å². The molecule has 4 heteroatoms.